The quantitative estimate of drug-likeness (QED) is 0.572. The molecular weight excluding hydrogens is 192 g/mol. The highest BCUT2D eigenvalue weighted by Gasteiger charge is 2.20. The number of non-ortho nitro benzene ring substituents is 1. The molecule has 1 aromatic rings. The highest BCUT2D eigenvalue weighted by Crippen LogP contribution is 2.31. The van der Waals surface area contributed by atoms with Gasteiger partial charge in [-0.1, -0.05) is 0 Å². The lowest BCUT2D eigenvalue weighted by Gasteiger charge is -1.99. The van der Waals surface area contributed by atoms with Gasteiger partial charge in [0, 0.05) is 0 Å². The van der Waals surface area contributed by atoms with Crippen molar-refractivity contribution in [1.82, 2.24) is 0 Å². The predicted octanol–water partition coefficient (Wildman–Crippen LogP) is 1.52. The lowest BCUT2D eigenvalue weighted by molar-refractivity contribution is -0.394. The number of nitrogens with zero attached hydrogens (tertiary/aromatic N) is 2. The van der Waals surface area contributed by atoms with Crippen molar-refractivity contribution in [2.24, 2.45) is 0 Å². The second-order valence-corrected chi connectivity index (χ2v) is 2.62. The van der Waals surface area contributed by atoms with Gasteiger partial charge in [-0.3, -0.25) is 20.2 Å². The Morgan fingerprint density at radius 3 is 2.21 bits per heavy atom. The van der Waals surface area contributed by atoms with E-state index in [4.69, 9.17) is 5.11 Å². The van der Waals surface area contributed by atoms with Crippen molar-refractivity contribution in [3.05, 3.63) is 37.9 Å². The Kier molecular flexibility index (Phi) is 2.32. The van der Waals surface area contributed by atoms with E-state index in [2.05, 4.69) is 0 Å². The topological polar surface area (TPSA) is 107 Å². The summed E-state index contributed by atoms with van der Waals surface area (Å²) in [6.45, 7) is 1.32. The van der Waals surface area contributed by atoms with Gasteiger partial charge in [-0.2, -0.15) is 0 Å². The van der Waals surface area contributed by atoms with Crippen LogP contribution in [-0.4, -0.2) is 15.0 Å². The van der Waals surface area contributed by atoms with Crippen molar-refractivity contribution in [1.29, 1.82) is 0 Å². The molecule has 0 aliphatic carbocycles. The Labute approximate surface area is 77.9 Å². The van der Waals surface area contributed by atoms with Crippen LogP contribution in [0, 0.1) is 27.2 Å². The zero-order valence-corrected chi connectivity index (χ0v) is 7.13. The smallest absolute Gasteiger partial charge is 0.282 e. The summed E-state index contributed by atoms with van der Waals surface area (Å²) in [5, 5.41) is 29.9. The number of hydrogen-bond donors (Lipinski definition) is 1. The van der Waals surface area contributed by atoms with E-state index in [1.807, 2.05) is 0 Å². The fraction of sp³-hybridized carbons (Fsp3) is 0.143. The molecule has 14 heavy (non-hydrogen) atoms. The van der Waals surface area contributed by atoms with Crippen LogP contribution in [0.25, 0.3) is 0 Å². The van der Waals surface area contributed by atoms with Crippen LogP contribution in [0.5, 0.6) is 5.75 Å². The molecule has 0 atom stereocenters. The molecule has 0 saturated heterocycles. The van der Waals surface area contributed by atoms with Crippen LogP contribution in [0.2, 0.25) is 0 Å². The van der Waals surface area contributed by atoms with E-state index < -0.39 is 27.0 Å². The zero-order chi connectivity index (χ0) is 10.9. The van der Waals surface area contributed by atoms with E-state index in [9.17, 15) is 20.2 Å². The average molecular weight is 198 g/mol. The molecule has 0 aliphatic heterocycles. The average Bonchev–Trinajstić information content (AvgIpc) is 2.08. The van der Waals surface area contributed by atoms with Crippen molar-refractivity contribution in [2.45, 2.75) is 6.92 Å². The molecule has 0 aromatic heterocycles. The summed E-state index contributed by atoms with van der Waals surface area (Å²) in [5.74, 6) is -0.453. The first-order valence-corrected chi connectivity index (χ1v) is 3.56. The van der Waals surface area contributed by atoms with E-state index in [0.717, 1.165) is 12.1 Å². The maximum Gasteiger partial charge on any atom is 0.282 e. The molecule has 0 unspecified atom stereocenters. The highest BCUT2D eigenvalue weighted by atomic mass is 16.6. The normalized spacial score (nSPS) is 9.79. The molecule has 0 heterocycles. The summed E-state index contributed by atoms with van der Waals surface area (Å²) >= 11 is 0. The number of aromatic hydroxyl groups is 1. The lowest BCUT2D eigenvalue weighted by atomic mass is 10.1. The molecular formula is C7H6N2O5. The van der Waals surface area contributed by atoms with E-state index >= 15 is 0 Å². The first-order chi connectivity index (χ1) is 6.43. The van der Waals surface area contributed by atoms with E-state index in [1.54, 1.807) is 0 Å². The molecule has 0 fully saturated rings. The number of nitro groups is 2. The third-order valence-corrected chi connectivity index (χ3v) is 1.75. The molecule has 1 rings (SSSR count). The third kappa shape index (κ3) is 1.60. The van der Waals surface area contributed by atoms with E-state index in [0.29, 0.717) is 0 Å². The standard InChI is InChI=1S/C7H6N2O5/c1-4-6(9(13)14)2-5(8(11)12)3-7(4)10/h2-3,10H,1H3. The zero-order valence-electron chi connectivity index (χ0n) is 7.13. The fourth-order valence-electron chi connectivity index (χ4n) is 0.965. The molecule has 7 nitrogen and oxygen atoms in total. The van der Waals surface area contributed by atoms with Gasteiger partial charge < -0.3 is 5.11 Å². The Balaban J connectivity index is 3.43. The molecule has 0 bridgehead atoms. The number of benzene rings is 1. The van der Waals surface area contributed by atoms with Crippen molar-refractivity contribution >= 4 is 11.4 Å². The van der Waals surface area contributed by atoms with E-state index in [1.165, 1.54) is 6.92 Å². The van der Waals surface area contributed by atoms with Crippen LogP contribution < -0.4 is 0 Å². The summed E-state index contributed by atoms with van der Waals surface area (Å²) < 4.78 is 0. The fourth-order valence-corrected chi connectivity index (χ4v) is 0.965. The maximum atomic E-state index is 10.4. The van der Waals surface area contributed by atoms with Gasteiger partial charge in [-0.05, 0) is 6.92 Å². The van der Waals surface area contributed by atoms with Crippen LogP contribution in [-0.2, 0) is 0 Å². The SMILES string of the molecule is Cc1c(O)cc([N+](=O)[O-])cc1[N+](=O)[O-]. The van der Waals surface area contributed by atoms with Crippen LogP contribution in [0.1, 0.15) is 5.56 Å². The molecule has 0 radical (unpaired) electrons. The Morgan fingerprint density at radius 2 is 1.79 bits per heavy atom. The maximum absolute atomic E-state index is 10.4. The van der Waals surface area contributed by atoms with Crippen molar-refractivity contribution < 1.29 is 15.0 Å². The molecule has 7 heteroatoms. The first kappa shape index (κ1) is 9.90. The minimum atomic E-state index is -0.799. The van der Waals surface area contributed by atoms with Crippen LogP contribution in [0.3, 0.4) is 0 Å². The summed E-state index contributed by atoms with van der Waals surface area (Å²) in [4.78, 5) is 19.2. The van der Waals surface area contributed by atoms with Gasteiger partial charge in [0.25, 0.3) is 11.4 Å². The first-order valence-electron chi connectivity index (χ1n) is 3.56. The molecule has 1 N–H and O–H groups in total. The Bertz CT molecular complexity index is 415. The second-order valence-electron chi connectivity index (χ2n) is 2.62. The number of phenols is 1. The summed E-state index contributed by atoms with van der Waals surface area (Å²) in [6.07, 6.45) is 0. The molecule has 0 amide bonds. The van der Waals surface area contributed by atoms with Crippen molar-refractivity contribution in [3.8, 4) is 5.75 Å². The molecule has 0 aliphatic rings. The van der Waals surface area contributed by atoms with Crippen molar-refractivity contribution in [3.63, 3.8) is 0 Å². The summed E-state index contributed by atoms with van der Waals surface area (Å²) in [5.41, 5.74) is -0.947. The monoisotopic (exact) mass is 198 g/mol. The second kappa shape index (κ2) is 3.29. The molecule has 0 saturated carbocycles. The van der Waals surface area contributed by atoms with Crippen molar-refractivity contribution in [2.75, 3.05) is 0 Å². The van der Waals surface area contributed by atoms with Gasteiger partial charge in [-0.25, -0.2) is 0 Å². The van der Waals surface area contributed by atoms with Gasteiger partial charge in [0.05, 0.1) is 27.5 Å². The summed E-state index contributed by atoms with van der Waals surface area (Å²) in [6, 6.07) is 1.69. The van der Waals surface area contributed by atoms with Gasteiger partial charge in [0.1, 0.15) is 5.75 Å². The number of hydrogen-bond acceptors (Lipinski definition) is 5. The van der Waals surface area contributed by atoms with Crippen LogP contribution in [0.15, 0.2) is 12.1 Å². The molecule has 0 spiro atoms. The Morgan fingerprint density at radius 1 is 1.21 bits per heavy atom. The molecule has 74 valence electrons. The summed E-state index contributed by atoms with van der Waals surface area (Å²) in [7, 11) is 0. The third-order valence-electron chi connectivity index (χ3n) is 1.75. The Hall–Kier alpha value is -2.18. The van der Waals surface area contributed by atoms with Gasteiger partial charge >= 0.3 is 0 Å². The van der Waals surface area contributed by atoms with Crippen LogP contribution >= 0.6 is 0 Å². The number of rotatable bonds is 2. The van der Waals surface area contributed by atoms with E-state index in [-0.39, 0.29) is 5.56 Å². The minimum Gasteiger partial charge on any atom is -0.507 e. The largest absolute Gasteiger partial charge is 0.507 e. The number of phenolic OH excluding ortho intramolecular Hbond substituents is 1. The number of nitro benzene ring substituents is 2. The minimum absolute atomic E-state index is 0.0144. The highest BCUT2D eigenvalue weighted by molar-refractivity contribution is 5.55. The molecule has 1 aromatic carbocycles. The van der Waals surface area contributed by atoms with Crippen LogP contribution in [0.4, 0.5) is 11.4 Å². The van der Waals surface area contributed by atoms with Gasteiger partial charge in [-0.15, -0.1) is 0 Å². The predicted molar refractivity (Wildman–Crippen MR) is 46.2 cm³/mol. The lowest BCUT2D eigenvalue weighted by Crippen LogP contribution is -1.95. The van der Waals surface area contributed by atoms with Gasteiger partial charge in [0.2, 0.25) is 0 Å². The van der Waals surface area contributed by atoms with Gasteiger partial charge in [0.15, 0.2) is 0 Å².